The topological polar surface area (TPSA) is 69.6 Å². The number of nitrogens with zero attached hydrogens (tertiary/aromatic N) is 1. The molecule has 5 nitrogen and oxygen atoms in total. The third-order valence-corrected chi connectivity index (χ3v) is 7.47. The number of rotatable bonds is 6. The molecule has 1 saturated heterocycles. The molecule has 3 atom stereocenters. The van der Waals surface area contributed by atoms with Crippen molar-refractivity contribution in [2.45, 2.75) is 56.2 Å². The zero-order chi connectivity index (χ0) is 18.8. The Kier molecular flexibility index (Phi) is 7.42. The van der Waals surface area contributed by atoms with E-state index in [0.29, 0.717) is 18.6 Å². The third-order valence-electron chi connectivity index (χ3n) is 4.60. The number of halogens is 3. The molecule has 142 valence electrons. The minimum Gasteiger partial charge on any atom is -0.390 e. The highest BCUT2D eigenvalue weighted by molar-refractivity contribution is 7.89. The summed E-state index contributed by atoms with van der Waals surface area (Å²) in [5.74, 6) is 0. The number of sulfonamides is 1. The Morgan fingerprint density at radius 1 is 1.20 bits per heavy atom. The van der Waals surface area contributed by atoms with Crippen LogP contribution in [-0.4, -0.2) is 49.7 Å². The summed E-state index contributed by atoms with van der Waals surface area (Å²) in [6.45, 7) is 4.57. The van der Waals surface area contributed by atoms with Crippen LogP contribution in [0.3, 0.4) is 0 Å². The van der Waals surface area contributed by atoms with Crippen molar-refractivity contribution in [1.29, 1.82) is 0 Å². The molecule has 1 aromatic rings. The number of piperidine rings is 1. The number of hydrogen-bond donors (Lipinski definition) is 2. The van der Waals surface area contributed by atoms with E-state index in [-0.39, 0.29) is 26.5 Å². The molecule has 1 aromatic carbocycles. The van der Waals surface area contributed by atoms with Gasteiger partial charge in [-0.2, -0.15) is 0 Å². The number of aliphatic hydroxyl groups excluding tert-OH is 1. The molecule has 0 spiro atoms. The van der Waals surface area contributed by atoms with Crippen molar-refractivity contribution >= 4 is 44.8 Å². The molecule has 0 aromatic heterocycles. The van der Waals surface area contributed by atoms with Crippen molar-refractivity contribution in [1.82, 2.24) is 9.62 Å². The third kappa shape index (κ3) is 5.22. The van der Waals surface area contributed by atoms with Gasteiger partial charge in [0, 0.05) is 25.2 Å². The van der Waals surface area contributed by atoms with Gasteiger partial charge < -0.3 is 5.11 Å². The van der Waals surface area contributed by atoms with Gasteiger partial charge in [-0.25, -0.2) is 13.1 Å². The predicted octanol–water partition coefficient (Wildman–Crippen LogP) is 3.55. The first-order valence-corrected chi connectivity index (χ1v) is 10.8. The molecule has 1 heterocycles. The largest absolute Gasteiger partial charge is 0.390 e. The van der Waals surface area contributed by atoms with Gasteiger partial charge in [0.15, 0.2) is 0 Å². The Morgan fingerprint density at radius 3 is 2.40 bits per heavy atom. The van der Waals surface area contributed by atoms with Crippen LogP contribution < -0.4 is 4.72 Å². The van der Waals surface area contributed by atoms with Crippen molar-refractivity contribution in [3.63, 3.8) is 0 Å². The second-order valence-electron chi connectivity index (χ2n) is 6.50. The van der Waals surface area contributed by atoms with Gasteiger partial charge in [0.1, 0.15) is 4.90 Å². The van der Waals surface area contributed by atoms with E-state index >= 15 is 0 Å². The highest BCUT2D eigenvalue weighted by Crippen LogP contribution is 2.34. The number of aliphatic hydroxyl groups is 1. The van der Waals surface area contributed by atoms with Crippen LogP contribution in [0.5, 0.6) is 0 Å². The van der Waals surface area contributed by atoms with Gasteiger partial charge in [-0.05, 0) is 38.8 Å². The minimum atomic E-state index is -3.90. The molecule has 0 unspecified atom stereocenters. The Hall–Kier alpha value is -0.0800. The standard InChI is InChI=1S/C16H23Cl3N2O3S/c1-10-4-3-5-11(2)21(10)9-12(22)8-20-25(23,24)14-7-6-13(17)15(18)16(14)19/h6-7,10-12,20,22H,3-5,8-9H2,1-2H3/t10-,11+,12-/m0/s1. The lowest BCUT2D eigenvalue weighted by Crippen LogP contribution is -2.49. The lowest BCUT2D eigenvalue weighted by Gasteiger charge is -2.40. The van der Waals surface area contributed by atoms with Crippen molar-refractivity contribution in [2.75, 3.05) is 13.1 Å². The van der Waals surface area contributed by atoms with Gasteiger partial charge >= 0.3 is 0 Å². The van der Waals surface area contributed by atoms with Gasteiger partial charge in [-0.3, -0.25) is 4.90 Å². The number of hydrogen-bond acceptors (Lipinski definition) is 4. The fourth-order valence-corrected chi connectivity index (χ4v) is 5.19. The van der Waals surface area contributed by atoms with Crippen molar-refractivity contribution in [3.05, 3.63) is 27.2 Å². The molecule has 0 amide bonds. The molecule has 2 N–H and O–H groups in total. The smallest absolute Gasteiger partial charge is 0.242 e. The molecule has 1 fully saturated rings. The van der Waals surface area contributed by atoms with Crippen molar-refractivity contribution < 1.29 is 13.5 Å². The van der Waals surface area contributed by atoms with Crippen molar-refractivity contribution in [2.24, 2.45) is 0 Å². The summed E-state index contributed by atoms with van der Waals surface area (Å²) in [5, 5.41) is 10.3. The zero-order valence-corrected chi connectivity index (χ0v) is 17.3. The summed E-state index contributed by atoms with van der Waals surface area (Å²) in [6.07, 6.45) is 2.53. The quantitative estimate of drug-likeness (QED) is 0.679. The van der Waals surface area contributed by atoms with Crippen LogP contribution >= 0.6 is 34.8 Å². The molecule has 0 radical (unpaired) electrons. The number of nitrogens with one attached hydrogen (secondary N) is 1. The molecular formula is C16H23Cl3N2O3S. The van der Waals surface area contributed by atoms with Crippen molar-refractivity contribution in [3.8, 4) is 0 Å². The fraction of sp³-hybridized carbons (Fsp3) is 0.625. The summed E-state index contributed by atoms with van der Waals surface area (Å²) in [6, 6.07) is 3.41. The van der Waals surface area contributed by atoms with E-state index in [1.807, 2.05) is 0 Å². The lowest BCUT2D eigenvalue weighted by atomic mass is 9.97. The maximum Gasteiger partial charge on any atom is 0.242 e. The average molecular weight is 430 g/mol. The van der Waals surface area contributed by atoms with Crippen LogP contribution in [-0.2, 0) is 10.0 Å². The summed E-state index contributed by atoms with van der Waals surface area (Å²) in [5.41, 5.74) is 0. The maximum atomic E-state index is 12.4. The number of benzene rings is 1. The highest BCUT2D eigenvalue weighted by Gasteiger charge is 2.27. The monoisotopic (exact) mass is 428 g/mol. The highest BCUT2D eigenvalue weighted by atomic mass is 35.5. The zero-order valence-electron chi connectivity index (χ0n) is 14.2. The summed E-state index contributed by atoms with van der Waals surface area (Å²) >= 11 is 17.7. The number of β-amino-alcohol motifs (C(OH)–C–C–N with tert-alkyl or cyclic N) is 1. The predicted molar refractivity (Wildman–Crippen MR) is 102 cm³/mol. The summed E-state index contributed by atoms with van der Waals surface area (Å²) in [4.78, 5) is 2.06. The van der Waals surface area contributed by atoms with Crippen LogP contribution in [0, 0.1) is 0 Å². The Labute approximate surface area is 164 Å². The maximum absolute atomic E-state index is 12.4. The normalized spacial score (nSPS) is 23.6. The van der Waals surface area contributed by atoms with Crippen LogP contribution in [0.4, 0.5) is 0 Å². The van der Waals surface area contributed by atoms with E-state index in [2.05, 4.69) is 23.5 Å². The SMILES string of the molecule is C[C@@H]1CCC[C@H](C)N1C[C@@H](O)CNS(=O)(=O)c1ccc(Cl)c(Cl)c1Cl. The van der Waals surface area contributed by atoms with E-state index < -0.39 is 16.1 Å². The first-order valence-electron chi connectivity index (χ1n) is 8.20. The van der Waals surface area contributed by atoms with Gasteiger partial charge in [0.05, 0.1) is 21.2 Å². The molecule has 1 aliphatic heterocycles. The first kappa shape index (κ1) is 21.2. The van der Waals surface area contributed by atoms with Gasteiger partial charge in [-0.15, -0.1) is 0 Å². The van der Waals surface area contributed by atoms with E-state index in [9.17, 15) is 13.5 Å². The molecule has 0 saturated carbocycles. The molecule has 0 aliphatic carbocycles. The fourth-order valence-electron chi connectivity index (χ4n) is 3.14. The van der Waals surface area contributed by atoms with E-state index in [0.717, 1.165) is 12.8 Å². The Balaban J connectivity index is 2.01. The van der Waals surface area contributed by atoms with Gasteiger partial charge in [-0.1, -0.05) is 41.2 Å². The number of likely N-dealkylation sites (tertiary alicyclic amines) is 1. The van der Waals surface area contributed by atoms with Crippen LogP contribution in [0.25, 0.3) is 0 Å². The molecule has 1 aliphatic rings. The molecule has 25 heavy (non-hydrogen) atoms. The Bertz CT molecular complexity index is 705. The lowest BCUT2D eigenvalue weighted by molar-refractivity contribution is 0.0438. The minimum absolute atomic E-state index is 0.0114. The van der Waals surface area contributed by atoms with E-state index in [1.165, 1.54) is 18.6 Å². The molecule has 9 heteroatoms. The molecule has 0 bridgehead atoms. The van der Waals surface area contributed by atoms with E-state index in [4.69, 9.17) is 34.8 Å². The van der Waals surface area contributed by atoms with Gasteiger partial charge in [0.2, 0.25) is 10.0 Å². The second-order valence-corrected chi connectivity index (χ2v) is 9.40. The van der Waals surface area contributed by atoms with Crippen LogP contribution in [0.15, 0.2) is 17.0 Å². The van der Waals surface area contributed by atoms with Crippen LogP contribution in [0.2, 0.25) is 15.1 Å². The van der Waals surface area contributed by atoms with E-state index in [1.54, 1.807) is 0 Å². The molecule has 2 rings (SSSR count). The summed E-state index contributed by atoms with van der Waals surface area (Å²) < 4.78 is 27.2. The first-order chi connectivity index (χ1) is 11.6. The van der Waals surface area contributed by atoms with Crippen LogP contribution in [0.1, 0.15) is 33.1 Å². The summed E-state index contributed by atoms with van der Waals surface area (Å²) in [7, 11) is -3.90. The Morgan fingerprint density at radius 2 is 1.80 bits per heavy atom. The molecular weight excluding hydrogens is 407 g/mol. The van der Waals surface area contributed by atoms with Gasteiger partial charge in [0.25, 0.3) is 0 Å². The average Bonchev–Trinajstić information content (AvgIpc) is 2.54. The second kappa shape index (κ2) is 8.74.